The van der Waals surface area contributed by atoms with E-state index in [9.17, 15) is 9.59 Å². The molecule has 3 aromatic rings. The summed E-state index contributed by atoms with van der Waals surface area (Å²) in [7, 11) is 3.36. The Morgan fingerprint density at radius 1 is 1.11 bits per heavy atom. The summed E-state index contributed by atoms with van der Waals surface area (Å²) in [5.41, 5.74) is 2.38. The topological polar surface area (TPSA) is 82.4 Å². The fourth-order valence-corrected chi connectivity index (χ4v) is 3.30. The lowest BCUT2D eigenvalue weighted by Crippen LogP contribution is -2.24. The lowest BCUT2D eigenvalue weighted by atomic mass is 9.87. The molecule has 7 heteroatoms. The zero-order valence-corrected chi connectivity index (χ0v) is 15.5. The van der Waals surface area contributed by atoms with Gasteiger partial charge in [0.15, 0.2) is 0 Å². The van der Waals surface area contributed by atoms with E-state index in [-0.39, 0.29) is 11.8 Å². The number of amides is 1. The number of methoxy groups -OCH3 is 1. The van der Waals surface area contributed by atoms with Crippen molar-refractivity contribution in [3.8, 4) is 11.5 Å². The molecule has 0 radical (unpaired) electrons. The zero-order valence-electron chi connectivity index (χ0n) is 15.5. The van der Waals surface area contributed by atoms with E-state index >= 15 is 0 Å². The van der Waals surface area contributed by atoms with Gasteiger partial charge in [0.05, 0.1) is 18.9 Å². The number of hydrogen-bond donors (Lipinski definition) is 1. The monoisotopic (exact) mass is 377 g/mol. The number of benzene rings is 2. The Bertz CT molecular complexity index is 1020. The Hall–Kier alpha value is -3.61. The van der Waals surface area contributed by atoms with Crippen LogP contribution in [0.4, 0.5) is 5.82 Å². The first-order chi connectivity index (χ1) is 13.5. The van der Waals surface area contributed by atoms with Gasteiger partial charge in [-0.15, -0.1) is 0 Å². The summed E-state index contributed by atoms with van der Waals surface area (Å²) in [4.78, 5) is 24.3. The molecular formula is C21H19N3O4. The number of esters is 1. The molecule has 0 spiro atoms. The van der Waals surface area contributed by atoms with Gasteiger partial charge in [0.2, 0.25) is 5.91 Å². The summed E-state index contributed by atoms with van der Waals surface area (Å²) in [6.45, 7) is 0. The summed E-state index contributed by atoms with van der Waals surface area (Å²) in [5, 5.41) is 7.09. The smallest absolute Gasteiger partial charge is 0.343 e. The molecule has 7 nitrogen and oxygen atoms in total. The first kappa shape index (κ1) is 17.8. The van der Waals surface area contributed by atoms with Crippen LogP contribution in [0.2, 0.25) is 0 Å². The predicted octanol–water partition coefficient (Wildman–Crippen LogP) is 3.12. The fourth-order valence-electron chi connectivity index (χ4n) is 3.30. The van der Waals surface area contributed by atoms with Gasteiger partial charge in [-0.25, -0.2) is 4.79 Å². The van der Waals surface area contributed by atoms with Crippen molar-refractivity contribution in [1.82, 2.24) is 9.78 Å². The van der Waals surface area contributed by atoms with Gasteiger partial charge in [0.1, 0.15) is 17.3 Å². The number of aryl methyl sites for hydroxylation is 1. The van der Waals surface area contributed by atoms with Crippen molar-refractivity contribution < 1.29 is 19.1 Å². The maximum Gasteiger partial charge on any atom is 0.343 e. The van der Waals surface area contributed by atoms with Crippen molar-refractivity contribution in [2.75, 3.05) is 12.4 Å². The Balaban J connectivity index is 1.51. The summed E-state index contributed by atoms with van der Waals surface area (Å²) in [6.07, 6.45) is 2.13. The second kappa shape index (κ2) is 7.19. The number of nitrogens with zero attached hydrogens (tertiary/aromatic N) is 2. The number of carbonyl (C=O) groups excluding carboxylic acids is 2. The van der Waals surface area contributed by atoms with Crippen LogP contribution in [0, 0.1) is 0 Å². The third-order valence-electron chi connectivity index (χ3n) is 4.81. The van der Waals surface area contributed by atoms with Crippen LogP contribution in [-0.4, -0.2) is 28.8 Å². The highest BCUT2D eigenvalue weighted by Gasteiger charge is 2.29. The van der Waals surface area contributed by atoms with E-state index in [4.69, 9.17) is 9.47 Å². The Morgan fingerprint density at radius 2 is 1.79 bits per heavy atom. The molecule has 1 aliphatic rings. The largest absolute Gasteiger partial charge is 0.497 e. The van der Waals surface area contributed by atoms with Crippen LogP contribution in [0.15, 0.2) is 54.7 Å². The van der Waals surface area contributed by atoms with Crippen LogP contribution < -0.4 is 14.8 Å². The minimum absolute atomic E-state index is 0.0453. The summed E-state index contributed by atoms with van der Waals surface area (Å²) in [5.74, 6) is 1.27. The van der Waals surface area contributed by atoms with E-state index in [0.29, 0.717) is 23.5 Å². The molecule has 28 heavy (non-hydrogen) atoms. The van der Waals surface area contributed by atoms with E-state index in [2.05, 4.69) is 10.4 Å². The van der Waals surface area contributed by atoms with Gasteiger partial charge in [0, 0.05) is 24.9 Å². The number of anilines is 1. The lowest BCUT2D eigenvalue weighted by molar-refractivity contribution is -0.116. The molecule has 0 bridgehead atoms. The lowest BCUT2D eigenvalue weighted by Gasteiger charge is -2.23. The third-order valence-corrected chi connectivity index (χ3v) is 4.81. The number of carbonyl (C=O) groups is 2. The standard InChI is InChI=1S/C21H19N3O4/c1-24-20-18(12-22-24)17(11-19(25)23-20)13-3-9-16(10-4-13)28-21(26)14-5-7-15(27-2)8-6-14/h3-10,12,17H,11H2,1-2H3,(H,23,25). The van der Waals surface area contributed by atoms with Crippen LogP contribution in [0.5, 0.6) is 11.5 Å². The number of hydrogen-bond acceptors (Lipinski definition) is 5. The zero-order chi connectivity index (χ0) is 19.7. The van der Waals surface area contributed by atoms with Gasteiger partial charge < -0.3 is 14.8 Å². The van der Waals surface area contributed by atoms with Crippen LogP contribution in [0.1, 0.15) is 33.8 Å². The maximum atomic E-state index is 12.3. The Kier molecular flexibility index (Phi) is 4.57. The molecule has 1 aliphatic heterocycles. The van der Waals surface area contributed by atoms with Crippen molar-refractivity contribution in [1.29, 1.82) is 0 Å². The van der Waals surface area contributed by atoms with Gasteiger partial charge in [-0.2, -0.15) is 5.10 Å². The molecule has 1 unspecified atom stereocenters. The van der Waals surface area contributed by atoms with Gasteiger partial charge in [-0.05, 0) is 42.0 Å². The second-order valence-corrected chi connectivity index (χ2v) is 6.56. The summed E-state index contributed by atoms with van der Waals surface area (Å²) < 4.78 is 12.2. The molecule has 0 saturated carbocycles. The van der Waals surface area contributed by atoms with E-state index < -0.39 is 5.97 Å². The van der Waals surface area contributed by atoms with Gasteiger partial charge >= 0.3 is 5.97 Å². The minimum atomic E-state index is -0.443. The highest BCUT2D eigenvalue weighted by atomic mass is 16.5. The summed E-state index contributed by atoms with van der Waals surface area (Å²) in [6, 6.07) is 13.9. The minimum Gasteiger partial charge on any atom is -0.497 e. The predicted molar refractivity (Wildman–Crippen MR) is 103 cm³/mol. The van der Waals surface area contributed by atoms with E-state index in [1.54, 1.807) is 61.4 Å². The van der Waals surface area contributed by atoms with Crippen molar-refractivity contribution >= 4 is 17.7 Å². The average molecular weight is 377 g/mol. The Labute approximate surface area is 161 Å². The molecule has 4 rings (SSSR count). The molecule has 1 aromatic heterocycles. The normalized spacial score (nSPS) is 15.5. The summed E-state index contributed by atoms with van der Waals surface area (Å²) >= 11 is 0. The SMILES string of the molecule is COc1ccc(C(=O)Oc2ccc(C3CC(=O)Nc4c3cnn4C)cc2)cc1. The molecule has 2 aromatic carbocycles. The van der Waals surface area contributed by atoms with E-state index in [1.165, 1.54) is 0 Å². The van der Waals surface area contributed by atoms with Gasteiger partial charge in [0.25, 0.3) is 0 Å². The van der Waals surface area contributed by atoms with Crippen molar-refractivity contribution in [3.05, 3.63) is 71.4 Å². The van der Waals surface area contributed by atoms with Gasteiger partial charge in [-0.1, -0.05) is 12.1 Å². The fraction of sp³-hybridized carbons (Fsp3) is 0.190. The number of nitrogens with one attached hydrogen (secondary N) is 1. The number of rotatable bonds is 4. The third kappa shape index (κ3) is 3.34. The molecule has 0 fully saturated rings. The highest BCUT2D eigenvalue weighted by molar-refractivity contribution is 5.94. The van der Waals surface area contributed by atoms with E-state index in [0.717, 1.165) is 16.9 Å². The van der Waals surface area contributed by atoms with Crippen molar-refractivity contribution in [2.45, 2.75) is 12.3 Å². The van der Waals surface area contributed by atoms with Crippen molar-refractivity contribution in [3.63, 3.8) is 0 Å². The highest BCUT2D eigenvalue weighted by Crippen LogP contribution is 2.37. The number of ether oxygens (including phenoxy) is 2. The number of fused-ring (bicyclic) bond motifs is 1. The second-order valence-electron chi connectivity index (χ2n) is 6.56. The van der Waals surface area contributed by atoms with Crippen LogP contribution in [0.25, 0.3) is 0 Å². The molecule has 0 saturated heterocycles. The maximum absolute atomic E-state index is 12.3. The molecule has 1 amide bonds. The van der Waals surface area contributed by atoms with E-state index in [1.807, 2.05) is 12.1 Å². The van der Waals surface area contributed by atoms with Crippen LogP contribution in [0.3, 0.4) is 0 Å². The molecule has 2 heterocycles. The van der Waals surface area contributed by atoms with Crippen LogP contribution in [-0.2, 0) is 11.8 Å². The average Bonchev–Trinajstić information content (AvgIpc) is 3.09. The molecule has 1 N–H and O–H groups in total. The molecule has 0 aliphatic carbocycles. The quantitative estimate of drug-likeness (QED) is 0.558. The Morgan fingerprint density at radius 3 is 2.46 bits per heavy atom. The first-order valence-corrected chi connectivity index (χ1v) is 8.83. The van der Waals surface area contributed by atoms with Crippen LogP contribution >= 0.6 is 0 Å². The molecular weight excluding hydrogens is 358 g/mol. The molecule has 1 atom stereocenters. The number of aromatic nitrogens is 2. The van der Waals surface area contributed by atoms with Gasteiger partial charge in [-0.3, -0.25) is 9.48 Å². The van der Waals surface area contributed by atoms with Crippen molar-refractivity contribution in [2.24, 2.45) is 7.05 Å². The first-order valence-electron chi connectivity index (χ1n) is 8.83. The molecule has 142 valence electrons.